The van der Waals surface area contributed by atoms with Crippen molar-refractivity contribution in [2.45, 2.75) is 57.1 Å². The molecule has 4 nitrogen and oxygen atoms in total. The topological polar surface area (TPSA) is 41.6 Å². The van der Waals surface area contributed by atoms with Crippen LogP contribution in [0.2, 0.25) is 0 Å². The fourth-order valence-electron chi connectivity index (χ4n) is 2.51. The first-order valence-corrected chi connectivity index (χ1v) is 5.90. The van der Waals surface area contributed by atoms with E-state index < -0.39 is 30.0 Å². The summed E-state index contributed by atoms with van der Waals surface area (Å²) >= 11 is 0. The van der Waals surface area contributed by atoms with Gasteiger partial charge >= 0.3 is 12.3 Å². The van der Waals surface area contributed by atoms with Crippen molar-refractivity contribution in [3.05, 3.63) is 0 Å². The zero-order valence-corrected chi connectivity index (χ0v) is 10.5. The fourth-order valence-corrected chi connectivity index (χ4v) is 2.51. The normalized spacial score (nSPS) is 31.9. The monoisotopic (exact) mass is 266 g/mol. The van der Waals surface area contributed by atoms with E-state index in [2.05, 4.69) is 5.32 Å². The molecule has 0 spiro atoms. The molecule has 0 aromatic heterocycles. The Morgan fingerprint density at radius 2 is 1.94 bits per heavy atom. The predicted molar refractivity (Wildman–Crippen MR) is 58.1 cm³/mol. The summed E-state index contributed by atoms with van der Waals surface area (Å²) in [5.74, 6) is 0. The van der Waals surface area contributed by atoms with Crippen LogP contribution >= 0.6 is 0 Å². The third-order valence-electron chi connectivity index (χ3n) is 3.12. The minimum atomic E-state index is -4.33. The summed E-state index contributed by atoms with van der Waals surface area (Å²) in [6, 6.07) is -2.76. The number of fused-ring (bicyclic) bond motifs is 2. The molecule has 2 rings (SSSR count). The first kappa shape index (κ1) is 13.5. The number of halogens is 3. The summed E-state index contributed by atoms with van der Waals surface area (Å²) < 4.78 is 43.4. The van der Waals surface area contributed by atoms with E-state index in [1.54, 1.807) is 20.8 Å². The highest BCUT2D eigenvalue weighted by molar-refractivity contribution is 5.69. The maximum absolute atomic E-state index is 12.8. The zero-order valence-electron chi connectivity index (χ0n) is 10.5. The van der Waals surface area contributed by atoms with E-state index in [0.717, 1.165) is 0 Å². The molecule has 3 atom stereocenters. The second-order valence-corrected chi connectivity index (χ2v) is 5.82. The summed E-state index contributed by atoms with van der Waals surface area (Å²) in [4.78, 5) is 13.0. The van der Waals surface area contributed by atoms with Crippen LogP contribution < -0.4 is 5.32 Å². The van der Waals surface area contributed by atoms with E-state index in [1.807, 2.05) is 0 Å². The molecule has 2 aliphatic rings. The van der Waals surface area contributed by atoms with Gasteiger partial charge in [0.05, 0.1) is 6.04 Å². The first-order valence-electron chi connectivity index (χ1n) is 5.90. The molecule has 2 bridgehead atoms. The standard InChI is InChI=1S/C11H17F3N2O2/c1-10(2,3)18-9(17)16-5-6-4-7(16)8(15-6)11(12,13)14/h6-8,15H,4-5H2,1-3H3/t6?,7?,8-/m1/s1. The van der Waals surface area contributed by atoms with Gasteiger partial charge in [-0.3, -0.25) is 5.32 Å². The number of likely N-dealkylation sites (tertiary alicyclic amines) is 1. The van der Waals surface area contributed by atoms with Crippen molar-refractivity contribution in [1.82, 2.24) is 10.2 Å². The molecular weight excluding hydrogens is 249 g/mol. The largest absolute Gasteiger partial charge is 0.444 e. The molecule has 0 aromatic carbocycles. The molecule has 18 heavy (non-hydrogen) atoms. The lowest BCUT2D eigenvalue weighted by atomic mass is 10.1. The van der Waals surface area contributed by atoms with Crippen LogP contribution in [0.3, 0.4) is 0 Å². The van der Waals surface area contributed by atoms with Crippen molar-refractivity contribution in [3.8, 4) is 0 Å². The molecule has 2 fully saturated rings. The SMILES string of the molecule is CC(C)(C)OC(=O)N1CC2CC1[C@H](C(F)(F)F)N2. The Balaban J connectivity index is 2.06. The number of nitrogens with zero attached hydrogens (tertiary/aromatic N) is 1. The lowest BCUT2D eigenvalue weighted by Gasteiger charge is -2.35. The van der Waals surface area contributed by atoms with Crippen LogP contribution in [-0.2, 0) is 4.74 Å². The van der Waals surface area contributed by atoms with Crippen LogP contribution in [0.15, 0.2) is 0 Å². The van der Waals surface area contributed by atoms with Crippen molar-refractivity contribution < 1.29 is 22.7 Å². The van der Waals surface area contributed by atoms with Crippen LogP contribution in [0.25, 0.3) is 0 Å². The highest BCUT2D eigenvalue weighted by Gasteiger charge is 2.57. The van der Waals surface area contributed by atoms with E-state index in [-0.39, 0.29) is 12.6 Å². The minimum Gasteiger partial charge on any atom is -0.444 e. The minimum absolute atomic E-state index is 0.283. The van der Waals surface area contributed by atoms with Crippen LogP contribution in [-0.4, -0.2) is 47.4 Å². The van der Waals surface area contributed by atoms with Crippen LogP contribution in [0.1, 0.15) is 27.2 Å². The Hall–Kier alpha value is -0.980. The highest BCUT2D eigenvalue weighted by Crippen LogP contribution is 2.37. The number of piperazine rings is 1. The van der Waals surface area contributed by atoms with Gasteiger partial charge in [-0.2, -0.15) is 13.2 Å². The zero-order chi connectivity index (χ0) is 13.7. The molecule has 0 radical (unpaired) electrons. The van der Waals surface area contributed by atoms with Crippen molar-refractivity contribution >= 4 is 6.09 Å². The van der Waals surface area contributed by atoms with Gasteiger partial charge in [0.25, 0.3) is 0 Å². The fraction of sp³-hybridized carbons (Fsp3) is 0.909. The molecule has 2 saturated heterocycles. The molecule has 0 aliphatic carbocycles. The number of alkyl halides is 3. The lowest BCUT2D eigenvalue weighted by molar-refractivity contribution is -0.166. The van der Waals surface area contributed by atoms with Gasteiger partial charge < -0.3 is 9.64 Å². The Labute approximate surface area is 103 Å². The number of amides is 1. The van der Waals surface area contributed by atoms with Crippen molar-refractivity contribution in [3.63, 3.8) is 0 Å². The Morgan fingerprint density at radius 3 is 2.39 bits per heavy atom. The highest BCUT2D eigenvalue weighted by atomic mass is 19.4. The third kappa shape index (κ3) is 2.55. The van der Waals surface area contributed by atoms with Gasteiger partial charge in [0.2, 0.25) is 0 Å². The van der Waals surface area contributed by atoms with E-state index in [1.165, 1.54) is 4.90 Å². The lowest BCUT2D eigenvalue weighted by Crippen LogP contribution is -2.59. The van der Waals surface area contributed by atoms with E-state index in [4.69, 9.17) is 4.74 Å². The maximum Gasteiger partial charge on any atom is 0.410 e. The molecule has 2 heterocycles. The molecule has 104 valence electrons. The smallest absolute Gasteiger partial charge is 0.410 e. The van der Waals surface area contributed by atoms with Gasteiger partial charge in [-0.25, -0.2) is 4.79 Å². The van der Waals surface area contributed by atoms with Crippen LogP contribution in [0.4, 0.5) is 18.0 Å². The summed E-state index contributed by atoms with van der Waals surface area (Å²) in [6.45, 7) is 5.36. The van der Waals surface area contributed by atoms with Crippen LogP contribution in [0.5, 0.6) is 0 Å². The van der Waals surface area contributed by atoms with E-state index in [0.29, 0.717) is 6.42 Å². The molecule has 0 aromatic rings. The van der Waals surface area contributed by atoms with Crippen molar-refractivity contribution in [2.75, 3.05) is 6.54 Å². The summed E-state index contributed by atoms with van der Waals surface area (Å²) in [5.41, 5.74) is -0.694. The van der Waals surface area contributed by atoms with Crippen molar-refractivity contribution in [2.24, 2.45) is 0 Å². The first-order chi connectivity index (χ1) is 8.08. The molecule has 1 amide bonds. The van der Waals surface area contributed by atoms with Crippen molar-refractivity contribution in [1.29, 1.82) is 0 Å². The van der Waals surface area contributed by atoms with Gasteiger partial charge in [-0.1, -0.05) is 0 Å². The summed E-state index contributed by atoms with van der Waals surface area (Å²) in [6.07, 6.45) is -4.66. The Bertz CT molecular complexity index is 351. The van der Waals surface area contributed by atoms with Gasteiger partial charge in [0, 0.05) is 12.6 Å². The third-order valence-corrected chi connectivity index (χ3v) is 3.12. The Kier molecular flexibility index (Phi) is 3.00. The van der Waals surface area contributed by atoms with Crippen LogP contribution in [0, 0.1) is 0 Å². The number of hydrogen-bond donors (Lipinski definition) is 1. The maximum atomic E-state index is 12.8. The van der Waals surface area contributed by atoms with Gasteiger partial charge in [0.1, 0.15) is 11.6 Å². The van der Waals surface area contributed by atoms with Gasteiger partial charge in [-0.15, -0.1) is 0 Å². The number of rotatable bonds is 0. The van der Waals surface area contributed by atoms with E-state index in [9.17, 15) is 18.0 Å². The summed E-state index contributed by atoms with van der Waals surface area (Å²) in [7, 11) is 0. The van der Waals surface area contributed by atoms with Gasteiger partial charge in [-0.05, 0) is 27.2 Å². The van der Waals surface area contributed by atoms with Gasteiger partial charge in [0.15, 0.2) is 0 Å². The molecule has 0 saturated carbocycles. The summed E-state index contributed by atoms with van der Waals surface area (Å²) in [5, 5.41) is 2.50. The second kappa shape index (κ2) is 4.01. The number of nitrogens with one attached hydrogen (secondary N) is 1. The number of carbonyl (C=O) groups is 1. The molecule has 1 N–H and O–H groups in total. The average Bonchev–Trinajstić information content (AvgIpc) is 2.71. The predicted octanol–water partition coefficient (Wildman–Crippen LogP) is 1.90. The quantitative estimate of drug-likeness (QED) is 0.728. The Morgan fingerprint density at radius 1 is 1.33 bits per heavy atom. The second-order valence-electron chi connectivity index (χ2n) is 5.82. The molecular formula is C11H17F3N2O2. The molecule has 7 heteroatoms. The number of ether oxygens (including phenoxy) is 1. The average molecular weight is 266 g/mol. The number of hydrogen-bond acceptors (Lipinski definition) is 3. The molecule has 2 unspecified atom stereocenters. The number of carbonyl (C=O) groups excluding carboxylic acids is 1. The van der Waals surface area contributed by atoms with E-state index >= 15 is 0 Å². The molecule has 2 aliphatic heterocycles.